The molecule has 1 aromatic heterocycles. The van der Waals surface area contributed by atoms with Crippen LogP contribution in [-0.4, -0.2) is 23.2 Å². The van der Waals surface area contributed by atoms with Gasteiger partial charge in [-0.15, -0.1) is 0 Å². The van der Waals surface area contributed by atoms with Crippen molar-refractivity contribution in [2.45, 2.75) is 6.42 Å². The van der Waals surface area contributed by atoms with Gasteiger partial charge in [-0.25, -0.2) is 4.98 Å². The number of rotatable bonds is 4. The number of fused-ring (bicyclic) bond motifs is 1. The fraction of sp³-hybridized carbons (Fsp3) is 0.176. The van der Waals surface area contributed by atoms with Gasteiger partial charge in [-0.2, -0.15) is 0 Å². The number of nitrogens with zero attached hydrogens (tertiary/aromatic N) is 2. The predicted octanol–water partition coefficient (Wildman–Crippen LogP) is 2.55. The van der Waals surface area contributed by atoms with Crippen molar-refractivity contribution < 1.29 is 4.74 Å². The van der Waals surface area contributed by atoms with Crippen molar-refractivity contribution in [3.05, 3.63) is 63.7 Å². The number of ether oxygens (including phenoxy) is 1. The van der Waals surface area contributed by atoms with E-state index in [0.29, 0.717) is 46.2 Å². The number of aromatic nitrogens is 2. The molecule has 0 unspecified atom stereocenters. The molecule has 0 bridgehead atoms. The molecule has 0 fully saturated rings. The summed E-state index contributed by atoms with van der Waals surface area (Å²) in [6, 6.07) is 12.5. The molecule has 0 aliphatic rings. The molecule has 0 saturated carbocycles. The van der Waals surface area contributed by atoms with Crippen molar-refractivity contribution in [3.63, 3.8) is 0 Å². The molecule has 0 saturated heterocycles. The van der Waals surface area contributed by atoms with Crippen LogP contribution in [0.4, 0.5) is 0 Å². The summed E-state index contributed by atoms with van der Waals surface area (Å²) in [5.74, 6) is 1.26. The first-order valence-corrected chi connectivity index (χ1v) is 7.58. The zero-order chi connectivity index (χ0) is 16.4. The molecular weight excluding hydrogens is 314 g/mol. The van der Waals surface area contributed by atoms with E-state index in [1.807, 2.05) is 18.2 Å². The molecule has 0 radical (unpaired) electrons. The summed E-state index contributed by atoms with van der Waals surface area (Å²) in [4.78, 5) is 17.6. The normalized spacial score (nSPS) is 10.9. The average Bonchev–Trinajstić information content (AvgIpc) is 2.55. The molecule has 5 nitrogen and oxygen atoms in total. The number of hydrogen-bond donors (Lipinski definition) is 1. The number of benzene rings is 2. The average molecular weight is 330 g/mol. The molecule has 2 N–H and O–H groups in total. The Hall–Kier alpha value is -2.37. The van der Waals surface area contributed by atoms with Gasteiger partial charge < -0.3 is 10.5 Å². The highest BCUT2D eigenvalue weighted by Gasteiger charge is 2.14. The van der Waals surface area contributed by atoms with Crippen LogP contribution in [0.15, 0.2) is 47.3 Å². The Morgan fingerprint density at radius 3 is 2.78 bits per heavy atom. The smallest absolute Gasteiger partial charge is 0.267 e. The standard InChI is InChI=1S/C17H16ClN3O2/c1-23-12-5-2-4-11(10-12)21-15(8-9-19)20-14-7-3-6-13(18)16(14)17(21)22/h2-7,10H,8-9,19H2,1H3. The summed E-state index contributed by atoms with van der Waals surface area (Å²) in [7, 11) is 1.58. The zero-order valence-electron chi connectivity index (χ0n) is 12.6. The molecule has 0 aliphatic heterocycles. The van der Waals surface area contributed by atoms with Crippen molar-refractivity contribution >= 4 is 22.5 Å². The van der Waals surface area contributed by atoms with E-state index in [9.17, 15) is 4.79 Å². The van der Waals surface area contributed by atoms with Gasteiger partial charge in [0.15, 0.2) is 0 Å². The lowest BCUT2D eigenvalue weighted by Crippen LogP contribution is -2.25. The van der Waals surface area contributed by atoms with Crippen LogP contribution in [0.2, 0.25) is 5.02 Å². The van der Waals surface area contributed by atoms with E-state index < -0.39 is 0 Å². The topological polar surface area (TPSA) is 70.1 Å². The van der Waals surface area contributed by atoms with Crippen LogP contribution in [0.5, 0.6) is 5.75 Å². The Bertz CT molecular complexity index is 921. The van der Waals surface area contributed by atoms with Crippen LogP contribution in [0.25, 0.3) is 16.6 Å². The summed E-state index contributed by atoms with van der Waals surface area (Å²) in [6.45, 7) is 0.391. The van der Waals surface area contributed by atoms with Crippen molar-refractivity contribution in [3.8, 4) is 11.4 Å². The highest BCUT2D eigenvalue weighted by atomic mass is 35.5. The minimum Gasteiger partial charge on any atom is -0.497 e. The van der Waals surface area contributed by atoms with Crippen molar-refractivity contribution in [2.24, 2.45) is 5.73 Å². The van der Waals surface area contributed by atoms with Crippen molar-refractivity contribution in [1.29, 1.82) is 0 Å². The Morgan fingerprint density at radius 2 is 2.04 bits per heavy atom. The van der Waals surface area contributed by atoms with Gasteiger partial charge in [0, 0.05) is 12.5 Å². The molecule has 0 amide bonds. The second-order valence-corrected chi connectivity index (χ2v) is 5.45. The van der Waals surface area contributed by atoms with Gasteiger partial charge in [0.2, 0.25) is 0 Å². The summed E-state index contributed by atoms with van der Waals surface area (Å²) >= 11 is 6.21. The number of hydrogen-bond acceptors (Lipinski definition) is 4. The zero-order valence-corrected chi connectivity index (χ0v) is 13.4. The number of halogens is 1. The largest absolute Gasteiger partial charge is 0.497 e. The van der Waals surface area contributed by atoms with Gasteiger partial charge in [-0.05, 0) is 30.8 Å². The molecule has 118 valence electrons. The van der Waals surface area contributed by atoms with Gasteiger partial charge in [0.25, 0.3) is 5.56 Å². The second-order valence-electron chi connectivity index (χ2n) is 5.04. The maximum atomic E-state index is 13.0. The van der Waals surface area contributed by atoms with Crippen molar-refractivity contribution in [1.82, 2.24) is 9.55 Å². The first-order chi connectivity index (χ1) is 11.2. The lowest BCUT2D eigenvalue weighted by molar-refractivity contribution is 0.414. The SMILES string of the molecule is COc1cccc(-n2c(CCN)nc3cccc(Cl)c3c2=O)c1. The van der Waals surface area contributed by atoms with Gasteiger partial charge >= 0.3 is 0 Å². The second kappa shape index (κ2) is 6.40. The molecule has 1 heterocycles. The van der Waals surface area contributed by atoms with Crippen LogP contribution in [0.1, 0.15) is 5.82 Å². The highest BCUT2D eigenvalue weighted by Crippen LogP contribution is 2.22. The van der Waals surface area contributed by atoms with E-state index in [2.05, 4.69) is 4.98 Å². The molecule has 0 spiro atoms. The summed E-state index contributed by atoms with van der Waals surface area (Å²) in [5, 5.41) is 0.786. The number of methoxy groups -OCH3 is 1. The molecule has 23 heavy (non-hydrogen) atoms. The first-order valence-electron chi connectivity index (χ1n) is 7.20. The Balaban J connectivity index is 2.37. The van der Waals surface area contributed by atoms with E-state index in [-0.39, 0.29) is 5.56 Å². The van der Waals surface area contributed by atoms with E-state index >= 15 is 0 Å². The third kappa shape index (κ3) is 2.81. The van der Waals surface area contributed by atoms with E-state index in [4.69, 9.17) is 22.1 Å². The molecule has 6 heteroatoms. The van der Waals surface area contributed by atoms with Gasteiger partial charge in [-0.3, -0.25) is 9.36 Å². The quantitative estimate of drug-likeness (QED) is 0.798. The molecular formula is C17H16ClN3O2. The van der Waals surface area contributed by atoms with Crippen LogP contribution < -0.4 is 16.0 Å². The molecule has 0 atom stereocenters. The van der Waals surface area contributed by atoms with Crippen LogP contribution >= 0.6 is 11.6 Å². The monoisotopic (exact) mass is 329 g/mol. The third-order valence-electron chi connectivity index (χ3n) is 3.60. The molecule has 3 aromatic rings. The third-order valence-corrected chi connectivity index (χ3v) is 3.91. The van der Waals surface area contributed by atoms with Crippen LogP contribution in [-0.2, 0) is 6.42 Å². The lowest BCUT2D eigenvalue weighted by atomic mass is 10.2. The maximum Gasteiger partial charge on any atom is 0.267 e. The maximum absolute atomic E-state index is 13.0. The summed E-state index contributed by atoms with van der Waals surface area (Å²) in [5.41, 5.74) is 6.72. The van der Waals surface area contributed by atoms with Gasteiger partial charge in [0.05, 0.1) is 28.7 Å². The van der Waals surface area contributed by atoms with E-state index in [1.165, 1.54) is 0 Å². The van der Waals surface area contributed by atoms with E-state index in [1.54, 1.807) is 35.9 Å². The fourth-order valence-electron chi connectivity index (χ4n) is 2.55. The minimum atomic E-state index is -0.211. The highest BCUT2D eigenvalue weighted by molar-refractivity contribution is 6.35. The minimum absolute atomic E-state index is 0.211. The molecule has 0 aliphatic carbocycles. The first kappa shape index (κ1) is 15.5. The van der Waals surface area contributed by atoms with E-state index in [0.717, 1.165) is 0 Å². The van der Waals surface area contributed by atoms with Gasteiger partial charge in [-0.1, -0.05) is 23.7 Å². The Kier molecular flexibility index (Phi) is 4.32. The van der Waals surface area contributed by atoms with Crippen molar-refractivity contribution in [2.75, 3.05) is 13.7 Å². The Labute approximate surface area is 138 Å². The molecule has 3 rings (SSSR count). The summed E-state index contributed by atoms with van der Waals surface area (Å²) in [6.07, 6.45) is 0.481. The Morgan fingerprint density at radius 1 is 1.26 bits per heavy atom. The molecule has 2 aromatic carbocycles. The number of nitrogens with two attached hydrogens (primary N) is 1. The fourth-order valence-corrected chi connectivity index (χ4v) is 2.80. The summed E-state index contributed by atoms with van der Waals surface area (Å²) < 4.78 is 6.79. The van der Waals surface area contributed by atoms with Crippen LogP contribution in [0.3, 0.4) is 0 Å². The predicted molar refractivity (Wildman–Crippen MR) is 91.7 cm³/mol. The van der Waals surface area contributed by atoms with Gasteiger partial charge in [0.1, 0.15) is 11.6 Å². The lowest BCUT2D eigenvalue weighted by Gasteiger charge is -2.14. The van der Waals surface area contributed by atoms with Crippen LogP contribution in [0, 0.1) is 0 Å².